The number of halogens is 1. The molecule has 0 aliphatic heterocycles. The van der Waals surface area contributed by atoms with E-state index in [2.05, 4.69) is 12.6 Å². The third-order valence-corrected chi connectivity index (χ3v) is 3.38. The largest absolute Gasteiger partial charge is 0.179 e. The molecule has 0 N–H and O–H groups in total. The van der Waals surface area contributed by atoms with Gasteiger partial charge in [0.15, 0.2) is 0 Å². The van der Waals surface area contributed by atoms with Crippen LogP contribution >= 0.6 is 24.2 Å². The predicted octanol–water partition coefficient (Wildman–Crippen LogP) is 5.45. The number of unbranched alkanes of at least 4 members (excludes halogenated alkanes) is 10. The summed E-state index contributed by atoms with van der Waals surface area (Å²) in [5, 5.41) is 0. The molecule has 15 heavy (non-hydrogen) atoms. The van der Waals surface area contributed by atoms with Crippen molar-refractivity contribution in [1.29, 1.82) is 0 Å². The molecule has 0 aromatic rings. The summed E-state index contributed by atoms with van der Waals surface area (Å²) in [4.78, 5) is 0. The Hall–Kier alpha value is 0.640. The lowest BCUT2D eigenvalue weighted by atomic mass is 10.1. The van der Waals surface area contributed by atoms with Gasteiger partial charge in [0, 0.05) is 5.88 Å². The molecule has 0 bridgehead atoms. The fourth-order valence-electron chi connectivity index (χ4n) is 1.80. The topological polar surface area (TPSA) is 0 Å². The van der Waals surface area contributed by atoms with Crippen molar-refractivity contribution in [2.24, 2.45) is 0 Å². The van der Waals surface area contributed by atoms with Crippen molar-refractivity contribution in [3.63, 3.8) is 0 Å². The Labute approximate surface area is 107 Å². The lowest BCUT2D eigenvalue weighted by Gasteiger charge is -2.01. The second-order valence-electron chi connectivity index (χ2n) is 4.30. The molecule has 0 unspecified atom stereocenters. The Morgan fingerprint density at radius 2 is 0.867 bits per heavy atom. The smallest absolute Gasteiger partial charge is 0.0223 e. The zero-order chi connectivity index (χ0) is 11.2. The van der Waals surface area contributed by atoms with Gasteiger partial charge in [-0.2, -0.15) is 12.6 Å². The van der Waals surface area contributed by atoms with Crippen LogP contribution in [0, 0.1) is 0 Å². The summed E-state index contributed by atoms with van der Waals surface area (Å²) in [6, 6.07) is 0. The fourth-order valence-corrected chi connectivity index (χ4v) is 2.21. The molecule has 0 aliphatic rings. The van der Waals surface area contributed by atoms with Crippen LogP contribution in [0.5, 0.6) is 0 Å². The molecule has 2 heteroatoms. The minimum absolute atomic E-state index is 0.838. The first-order valence-corrected chi connectivity index (χ1v) is 7.75. The Bertz CT molecular complexity index is 94.7. The summed E-state index contributed by atoms with van der Waals surface area (Å²) in [6.45, 7) is 0. The van der Waals surface area contributed by atoms with Crippen molar-refractivity contribution in [2.75, 3.05) is 11.6 Å². The van der Waals surface area contributed by atoms with Gasteiger partial charge in [-0.05, 0) is 18.6 Å². The predicted molar refractivity (Wildman–Crippen MR) is 75.4 cm³/mol. The summed E-state index contributed by atoms with van der Waals surface area (Å²) < 4.78 is 0. The van der Waals surface area contributed by atoms with Crippen LogP contribution < -0.4 is 0 Å². The molecule has 0 saturated carbocycles. The number of alkyl halides is 1. The van der Waals surface area contributed by atoms with E-state index in [0.29, 0.717) is 0 Å². The van der Waals surface area contributed by atoms with Crippen LogP contribution in [0.25, 0.3) is 0 Å². The van der Waals surface area contributed by atoms with Crippen LogP contribution in [-0.4, -0.2) is 11.6 Å². The molecule has 92 valence electrons. The molecule has 0 aliphatic carbocycles. The molecule has 0 aromatic heterocycles. The molecular formula is C13H27ClS. The zero-order valence-electron chi connectivity index (χ0n) is 10.0. The molecule has 0 nitrogen and oxygen atoms in total. The van der Waals surface area contributed by atoms with E-state index in [1.165, 1.54) is 70.6 Å². The quantitative estimate of drug-likeness (QED) is 0.266. The Kier molecular flexibility index (Phi) is 15.3. The maximum absolute atomic E-state index is 5.62. The van der Waals surface area contributed by atoms with Gasteiger partial charge in [0.2, 0.25) is 0 Å². The summed E-state index contributed by atoms with van der Waals surface area (Å²) in [6.07, 6.45) is 15.1. The number of hydrogen-bond donors (Lipinski definition) is 1. The van der Waals surface area contributed by atoms with Gasteiger partial charge in [0.05, 0.1) is 0 Å². The molecule has 0 rings (SSSR count). The second-order valence-corrected chi connectivity index (χ2v) is 5.13. The first-order chi connectivity index (χ1) is 7.41. The van der Waals surface area contributed by atoms with Crippen molar-refractivity contribution in [3.05, 3.63) is 0 Å². The fraction of sp³-hybridized carbons (Fsp3) is 1.00. The lowest BCUT2D eigenvalue weighted by molar-refractivity contribution is 0.555. The van der Waals surface area contributed by atoms with Crippen molar-refractivity contribution in [2.45, 2.75) is 70.6 Å². The van der Waals surface area contributed by atoms with Crippen LogP contribution in [0.1, 0.15) is 70.6 Å². The van der Waals surface area contributed by atoms with Crippen LogP contribution in [0.4, 0.5) is 0 Å². The van der Waals surface area contributed by atoms with Crippen LogP contribution in [0.3, 0.4) is 0 Å². The maximum atomic E-state index is 5.62. The molecule has 0 saturated heterocycles. The highest BCUT2D eigenvalue weighted by atomic mass is 35.5. The van der Waals surface area contributed by atoms with E-state index in [0.717, 1.165) is 11.6 Å². The maximum Gasteiger partial charge on any atom is 0.0223 e. The van der Waals surface area contributed by atoms with Gasteiger partial charge in [-0.25, -0.2) is 0 Å². The van der Waals surface area contributed by atoms with E-state index >= 15 is 0 Å². The first kappa shape index (κ1) is 15.6. The average Bonchev–Trinajstić information content (AvgIpc) is 2.26. The Morgan fingerprint density at radius 1 is 0.533 bits per heavy atom. The third kappa shape index (κ3) is 14.6. The van der Waals surface area contributed by atoms with Gasteiger partial charge in [-0.3, -0.25) is 0 Å². The van der Waals surface area contributed by atoms with Crippen molar-refractivity contribution in [3.8, 4) is 0 Å². The van der Waals surface area contributed by atoms with Gasteiger partial charge in [0.1, 0.15) is 0 Å². The lowest BCUT2D eigenvalue weighted by Crippen LogP contribution is -1.83. The summed E-state index contributed by atoms with van der Waals surface area (Å²) in [5.74, 6) is 1.89. The molecule has 0 amide bonds. The normalized spacial score (nSPS) is 10.8. The van der Waals surface area contributed by atoms with Gasteiger partial charge in [-0.1, -0.05) is 57.8 Å². The van der Waals surface area contributed by atoms with E-state index in [1.54, 1.807) is 0 Å². The van der Waals surface area contributed by atoms with E-state index in [4.69, 9.17) is 11.6 Å². The second kappa shape index (κ2) is 14.6. The number of rotatable bonds is 12. The Morgan fingerprint density at radius 3 is 1.20 bits per heavy atom. The molecule has 0 spiro atoms. The van der Waals surface area contributed by atoms with Gasteiger partial charge < -0.3 is 0 Å². The minimum Gasteiger partial charge on any atom is -0.179 e. The van der Waals surface area contributed by atoms with Gasteiger partial charge in [-0.15, -0.1) is 11.6 Å². The SMILES string of the molecule is SCCCCCCCCCCCCCCl. The van der Waals surface area contributed by atoms with E-state index in [-0.39, 0.29) is 0 Å². The van der Waals surface area contributed by atoms with Crippen LogP contribution in [0.15, 0.2) is 0 Å². The molecule has 0 fully saturated rings. The zero-order valence-corrected chi connectivity index (χ0v) is 11.7. The molecule has 0 atom stereocenters. The molecule has 0 aromatic carbocycles. The van der Waals surface area contributed by atoms with Crippen LogP contribution in [-0.2, 0) is 0 Å². The van der Waals surface area contributed by atoms with E-state index in [1.807, 2.05) is 0 Å². The summed E-state index contributed by atoms with van der Waals surface area (Å²) in [7, 11) is 0. The highest BCUT2D eigenvalue weighted by Gasteiger charge is 1.92. The first-order valence-electron chi connectivity index (χ1n) is 6.58. The van der Waals surface area contributed by atoms with E-state index in [9.17, 15) is 0 Å². The molecule has 0 radical (unpaired) electrons. The number of thiol groups is 1. The van der Waals surface area contributed by atoms with Crippen LogP contribution in [0.2, 0.25) is 0 Å². The monoisotopic (exact) mass is 250 g/mol. The van der Waals surface area contributed by atoms with Gasteiger partial charge in [0.25, 0.3) is 0 Å². The Balaban J connectivity index is 2.81. The van der Waals surface area contributed by atoms with E-state index < -0.39 is 0 Å². The molecule has 0 heterocycles. The minimum atomic E-state index is 0.838. The van der Waals surface area contributed by atoms with Crippen molar-refractivity contribution in [1.82, 2.24) is 0 Å². The van der Waals surface area contributed by atoms with Crippen molar-refractivity contribution < 1.29 is 0 Å². The summed E-state index contributed by atoms with van der Waals surface area (Å²) >= 11 is 9.83. The average molecular weight is 251 g/mol. The third-order valence-electron chi connectivity index (χ3n) is 2.79. The van der Waals surface area contributed by atoms with Gasteiger partial charge >= 0.3 is 0 Å². The van der Waals surface area contributed by atoms with Crippen molar-refractivity contribution >= 4 is 24.2 Å². The highest BCUT2D eigenvalue weighted by molar-refractivity contribution is 7.80. The highest BCUT2D eigenvalue weighted by Crippen LogP contribution is 2.11. The molecular weight excluding hydrogens is 224 g/mol. The standard InChI is InChI=1S/C13H27ClS/c14-12-10-8-6-4-2-1-3-5-7-9-11-13-15/h15H,1-13H2. The number of hydrogen-bond acceptors (Lipinski definition) is 1. The summed E-state index contributed by atoms with van der Waals surface area (Å²) in [5.41, 5.74) is 0.